The number of nitrogens with one attached hydrogen (secondary N) is 2. The predicted molar refractivity (Wildman–Crippen MR) is 145 cm³/mol. The summed E-state index contributed by atoms with van der Waals surface area (Å²) in [4.78, 5) is 9.34. The maximum absolute atomic E-state index is 5.48. The minimum Gasteiger partial charge on any atom is -0.493 e. The van der Waals surface area contributed by atoms with Crippen molar-refractivity contribution in [2.45, 2.75) is 25.4 Å². The smallest absolute Gasteiger partial charge is 0.191 e. The summed E-state index contributed by atoms with van der Waals surface area (Å²) in [6, 6.07) is 15.3. The molecule has 7 nitrogen and oxygen atoms in total. The molecule has 8 heteroatoms. The lowest BCUT2D eigenvalue weighted by molar-refractivity contribution is 0.256. The topological polar surface area (TPSA) is 61.4 Å². The van der Waals surface area contributed by atoms with E-state index in [1.165, 1.54) is 16.8 Å². The molecule has 0 radical (unpaired) electrons. The van der Waals surface area contributed by atoms with E-state index in [1.807, 2.05) is 7.05 Å². The van der Waals surface area contributed by atoms with Gasteiger partial charge < -0.3 is 25.0 Å². The van der Waals surface area contributed by atoms with Gasteiger partial charge in [-0.1, -0.05) is 18.2 Å². The van der Waals surface area contributed by atoms with E-state index in [0.717, 1.165) is 69.6 Å². The molecule has 0 amide bonds. The summed E-state index contributed by atoms with van der Waals surface area (Å²) in [5.41, 5.74) is 3.97. The number of nitrogens with zero attached hydrogens (tertiary/aromatic N) is 3. The summed E-state index contributed by atoms with van der Waals surface area (Å²) in [6.45, 7) is 5.87. The molecule has 0 aliphatic carbocycles. The van der Waals surface area contributed by atoms with Crippen molar-refractivity contribution in [2.75, 3.05) is 58.9 Å². The summed E-state index contributed by atoms with van der Waals surface area (Å²) in [6.07, 6.45) is 2.14. The molecule has 2 N–H and O–H groups in total. The molecular formula is C25H36IN5O2. The van der Waals surface area contributed by atoms with Gasteiger partial charge in [0.15, 0.2) is 17.5 Å². The number of hydrogen-bond acceptors (Lipinski definition) is 5. The van der Waals surface area contributed by atoms with Crippen LogP contribution in [-0.4, -0.2) is 70.9 Å². The Morgan fingerprint density at radius 3 is 2.48 bits per heavy atom. The van der Waals surface area contributed by atoms with Crippen molar-refractivity contribution in [3.05, 3.63) is 53.6 Å². The lowest BCUT2D eigenvalue weighted by Gasteiger charge is -2.30. The molecule has 33 heavy (non-hydrogen) atoms. The SMILES string of the molecule is CN=C(NCCN1CCc2cc(OC)c(OC)cc2C1)NC1CCN(c2ccccc2)C1.I. The number of aliphatic imine (C=N–C) groups is 1. The molecule has 0 aromatic heterocycles. The highest BCUT2D eigenvalue weighted by molar-refractivity contribution is 14.0. The molecule has 2 aromatic carbocycles. The van der Waals surface area contributed by atoms with Crippen molar-refractivity contribution < 1.29 is 9.47 Å². The number of guanidine groups is 1. The molecule has 1 atom stereocenters. The van der Waals surface area contributed by atoms with Crippen molar-refractivity contribution in [1.29, 1.82) is 0 Å². The number of benzene rings is 2. The molecule has 2 aliphatic rings. The first-order valence-electron chi connectivity index (χ1n) is 11.4. The van der Waals surface area contributed by atoms with Crippen LogP contribution in [0.3, 0.4) is 0 Å². The molecular weight excluding hydrogens is 529 g/mol. The van der Waals surface area contributed by atoms with E-state index in [4.69, 9.17) is 9.47 Å². The normalized spacial score (nSPS) is 18.3. The highest BCUT2D eigenvalue weighted by Gasteiger charge is 2.23. The molecule has 1 saturated heterocycles. The second kappa shape index (κ2) is 12.3. The van der Waals surface area contributed by atoms with Crippen LogP contribution in [-0.2, 0) is 13.0 Å². The highest BCUT2D eigenvalue weighted by atomic mass is 127. The van der Waals surface area contributed by atoms with Crippen LogP contribution in [0.25, 0.3) is 0 Å². The third kappa shape index (κ3) is 6.44. The molecule has 180 valence electrons. The van der Waals surface area contributed by atoms with Gasteiger partial charge in [-0.25, -0.2) is 0 Å². The number of ether oxygens (including phenoxy) is 2. The Morgan fingerprint density at radius 1 is 1.06 bits per heavy atom. The average Bonchev–Trinajstić information content (AvgIpc) is 3.31. The predicted octanol–water partition coefficient (Wildman–Crippen LogP) is 3.12. The molecule has 0 spiro atoms. The Kier molecular flexibility index (Phi) is 9.49. The quantitative estimate of drug-likeness (QED) is 0.306. The van der Waals surface area contributed by atoms with Crippen LogP contribution in [0.1, 0.15) is 17.5 Å². The van der Waals surface area contributed by atoms with Crippen LogP contribution < -0.4 is 25.0 Å². The largest absolute Gasteiger partial charge is 0.493 e. The Bertz CT molecular complexity index is 925. The minimum absolute atomic E-state index is 0. The third-order valence-electron chi connectivity index (χ3n) is 6.39. The number of anilines is 1. The standard InChI is InChI=1S/C25H35N5O2.HI/c1-26-25(28-21-10-13-30(18-21)22-7-5-4-6-8-22)27-11-14-29-12-9-19-15-23(31-2)24(32-3)16-20(19)17-29;/h4-8,15-16,21H,9-14,17-18H2,1-3H3,(H2,26,27,28);1H. The van der Waals surface area contributed by atoms with Crippen LogP contribution in [0.4, 0.5) is 5.69 Å². The van der Waals surface area contributed by atoms with E-state index < -0.39 is 0 Å². The molecule has 1 fully saturated rings. The van der Waals surface area contributed by atoms with Crippen LogP contribution in [0.5, 0.6) is 11.5 Å². The molecule has 2 aliphatic heterocycles. The van der Waals surface area contributed by atoms with E-state index in [-0.39, 0.29) is 24.0 Å². The van der Waals surface area contributed by atoms with Gasteiger partial charge in [0.05, 0.1) is 14.2 Å². The summed E-state index contributed by atoms with van der Waals surface area (Å²) in [5, 5.41) is 7.09. The van der Waals surface area contributed by atoms with Crippen LogP contribution in [0, 0.1) is 0 Å². The molecule has 2 heterocycles. The fourth-order valence-corrected chi connectivity index (χ4v) is 4.60. The van der Waals surface area contributed by atoms with Crippen molar-refractivity contribution in [3.8, 4) is 11.5 Å². The Morgan fingerprint density at radius 2 is 1.79 bits per heavy atom. The van der Waals surface area contributed by atoms with Gasteiger partial charge >= 0.3 is 0 Å². The van der Waals surface area contributed by atoms with Crippen LogP contribution >= 0.6 is 24.0 Å². The van der Waals surface area contributed by atoms with Crippen LogP contribution in [0.2, 0.25) is 0 Å². The Balaban J connectivity index is 0.00000306. The van der Waals surface area contributed by atoms with Gasteiger partial charge in [0.25, 0.3) is 0 Å². The number of rotatable bonds is 7. The van der Waals surface area contributed by atoms with Crippen molar-refractivity contribution in [3.63, 3.8) is 0 Å². The second-order valence-electron chi connectivity index (χ2n) is 8.41. The minimum atomic E-state index is 0. The summed E-state index contributed by atoms with van der Waals surface area (Å²) >= 11 is 0. The molecule has 0 saturated carbocycles. The Labute approximate surface area is 214 Å². The van der Waals surface area contributed by atoms with Gasteiger partial charge in [0.2, 0.25) is 0 Å². The molecule has 0 bridgehead atoms. The molecule has 1 unspecified atom stereocenters. The van der Waals surface area contributed by atoms with Crippen molar-refractivity contribution in [2.24, 2.45) is 4.99 Å². The van der Waals surface area contributed by atoms with Gasteiger partial charge in [-0.05, 0) is 48.2 Å². The maximum atomic E-state index is 5.48. The van der Waals surface area contributed by atoms with Crippen molar-refractivity contribution >= 4 is 35.6 Å². The number of halogens is 1. The lowest BCUT2D eigenvalue weighted by Crippen LogP contribution is -2.47. The lowest BCUT2D eigenvalue weighted by atomic mass is 9.99. The van der Waals surface area contributed by atoms with E-state index in [1.54, 1.807) is 14.2 Å². The zero-order valence-electron chi connectivity index (χ0n) is 19.8. The monoisotopic (exact) mass is 565 g/mol. The second-order valence-corrected chi connectivity index (χ2v) is 8.41. The van der Waals surface area contributed by atoms with Gasteiger partial charge in [-0.3, -0.25) is 9.89 Å². The number of para-hydroxylation sites is 1. The van der Waals surface area contributed by atoms with E-state index in [0.29, 0.717) is 6.04 Å². The maximum Gasteiger partial charge on any atom is 0.191 e. The molecule has 4 rings (SSSR count). The first-order chi connectivity index (χ1) is 15.7. The first kappa shape index (κ1) is 25.4. The van der Waals surface area contributed by atoms with E-state index in [9.17, 15) is 0 Å². The van der Waals surface area contributed by atoms with Gasteiger partial charge in [-0.15, -0.1) is 24.0 Å². The fourth-order valence-electron chi connectivity index (χ4n) is 4.60. The van der Waals surface area contributed by atoms with E-state index in [2.05, 4.69) is 67.9 Å². The van der Waals surface area contributed by atoms with Gasteiger partial charge in [-0.2, -0.15) is 0 Å². The zero-order chi connectivity index (χ0) is 22.3. The number of fused-ring (bicyclic) bond motifs is 1. The first-order valence-corrected chi connectivity index (χ1v) is 11.4. The summed E-state index contributed by atoms with van der Waals surface area (Å²) in [5.74, 6) is 2.50. The highest BCUT2D eigenvalue weighted by Crippen LogP contribution is 2.33. The van der Waals surface area contributed by atoms with Gasteiger partial charge in [0, 0.05) is 58.0 Å². The average molecular weight is 566 g/mol. The fraction of sp³-hybridized carbons (Fsp3) is 0.480. The van der Waals surface area contributed by atoms with E-state index >= 15 is 0 Å². The third-order valence-corrected chi connectivity index (χ3v) is 6.39. The van der Waals surface area contributed by atoms with Crippen LogP contribution in [0.15, 0.2) is 47.5 Å². The summed E-state index contributed by atoms with van der Waals surface area (Å²) < 4.78 is 10.9. The Hall–Kier alpha value is -2.20. The van der Waals surface area contributed by atoms with Gasteiger partial charge in [0.1, 0.15) is 0 Å². The number of methoxy groups -OCH3 is 2. The summed E-state index contributed by atoms with van der Waals surface area (Å²) in [7, 11) is 5.23. The zero-order valence-corrected chi connectivity index (χ0v) is 22.2. The molecule has 2 aromatic rings. The van der Waals surface area contributed by atoms with Crippen molar-refractivity contribution in [1.82, 2.24) is 15.5 Å². The number of hydrogen-bond donors (Lipinski definition) is 2.